The molecule has 1 saturated heterocycles. The van der Waals surface area contributed by atoms with Crippen LogP contribution in [0.4, 0.5) is 0 Å². The van der Waals surface area contributed by atoms with Gasteiger partial charge < -0.3 is 4.74 Å². The molecule has 2 nitrogen and oxygen atoms in total. The van der Waals surface area contributed by atoms with Crippen LogP contribution in [0.1, 0.15) is 25.0 Å². The fourth-order valence-electron chi connectivity index (χ4n) is 1.95. The lowest BCUT2D eigenvalue weighted by Gasteiger charge is -2.25. The van der Waals surface area contributed by atoms with Gasteiger partial charge in [-0.2, -0.15) is 0 Å². The maximum Gasteiger partial charge on any atom is 0.142 e. The van der Waals surface area contributed by atoms with Crippen LogP contribution in [0.25, 0.3) is 0 Å². The number of hydrogen-bond donors (Lipinski definition) is 1. The van der Waals surface area contributed by atoms with Crippen molar-refractivity contribution in [1.82, 2.24) is 5.32 Å². The van der Waals surface area contributed by atoms with Crippen molar-refractivity contribution >= 4 is 0 Å². The molecule has 1 aliphatic rings. The molecular weight excluding hydrogens is 174 g/mol. The van der Waals surface area contributed by atoms with Gasteiger partial charge in [0.2, 0.25) is 0 Å². The summed E-state index contributed by atoms with van der Waals surface area (Å²) in [6.45, 7) is 7.11. The van der Waals surface area contributed by atoms with Crippen LogP contribution in [-0.2, 0) is 10.5 Å². The van der Waals surface area contributed by atoms with Gasteiger partial charge in [-0.15, -0.1) is 0 Å². The predicted molar refractivity (Wildman–Crippen MR) is 57.1 cm³/mol. The molecule has 0 saturated carbocycles. The normalized spacial score (nSPS) is 32.1. The number of rotatable bonds is 1. The van der Waals surface area contributed by atoms with Gasteiger partial charge in [-0.25, -0.2) is 0 Å². The van der Waals surface area contributed by atoms with Crippen molar-refractivity contribution in [3.05, 3.63) is 35.4 Å². The maximum atomic E-state index is 5.78. The van der Waals surface area contributed by atoms with Crippen molar-refractivity contribution < 1.29 is 4.74 Å². The predicted octanol–water partition coefficient (Wildman–Crippen LogP) is 2.18. The van der Waals surface area contributed by atoms with Crippen molar-refractivity contribution in [3.63, 3.8) is 0 Å². The third-order valence-electron chi connectivity index (χ3n) is 2.71. The van der Waals surface area contributed by atoms with Crippen LogP contribution in [-0.4, -0.2) is 12.6 Å². The highest BCUT2D eigenvalue weighted by atomic mass is 16.5. The van der Waals surface area contributed by atoms with Gasteiger partial charge in [-0.1, -0.05) is 29.8 Å². The van der Waals surface area contributed by atoms with Gasteiger partial charge >= 0.3 is 0 Å². The lowest BCUT2D eigenvalue weighted by molar-refractivity contribution is 0.00233. The van der Waals surface area contributed by atoms with Crippen LogP contribution < -0.4 is 5.32 Å². The molecule has 1 aliphatic heterocycles. The summed E-state index contributed by atoms with van der Waals surface area (Å²) < 4.78 is 5.78. The molecule has 2 heteroatoms. The van der Waals surface area contributed by atoms with Gasteiger partial charge in [-0.3, -0.25) is 5.32 Å². The first-order valence-corrected chi connectivity index (χ1v) is 5.09. The molecule has 0 aromatic heterocycles. The van der Waals surface area contributed by atoms with Gasteiger partial charge in [0.1, 0.15) is 5.72 Å². The van der Waals surface area contributed by atoms with E-state index in [0.717, 1.165) is 6.61 Å². The number of hydrogen-bond acceptors (Lipinski definition) is 2. The quantitative estimate of drug-likeness (QED) is 0.734. The largest absolute Gasteiger partial charge is 0.355 e. The molecule has 0 bridgehead atoms. The van der Waals surface area contributed by atoms with E-state index in [1.54, 1.807) is 0 Å². The topological polar surface area (TPSA) is 21.3 Å². The van der Waals surface area contributed by atoms with Gasteiger partial charge in [-0.05, 0) is 26.3 Å². The molecule has 1 fully saturated rings. The summed E-state index contributed by atoms with van der Waals surface area (Å²) in [5.41, 5.74) is 2.18. The standard InChI is InChI=1S/C12H17NO/c1-9-5-4-6-11(7-9)12(3)13-10(2)8-14-12/h4-7,10,13H,8H2,1-3H3. The highest BCUT2D eigenvalue weighted by molar-refractivity contribution is 5.27. The maximum absolute atomic E-state index is 5.78. The second-order valence-electron chi connectivity index (χ2n) is 4.26. The molecule has 1 heterocycles. The first kappa shape index (κ1) is 9.69. The molecule has 0 aliphatic carbocycles. The lowest BCUT2D eigenvalue weighted by Crippen LogP contribution is -2.37. The Balaban J connectivity index is 2.30. The van der Waals surface area contributed by atoms with Gasteiger partial charge in [0.05, 0.1) is 6.61 Å². The van der Waals surface area contributed by atoms with E-state index in [2.05, 4.69) is 50.4 Å². The summed E-state index contributed by atoms with van der Waals surface area (Å²) in [6.07, 6.45) is 0. The highest BCUT2D eigenvalue weighted by Crippen LogP contribution is 2.27. The highest BCUT2D eigenvalue weighted by Gasteiger charge is 2.34. The third-order valence-corrected chi connectivity index (χ3v) is 2.71. The Kier molecular flexibility index (Phi) is 2.33. The van der Waals surface area contributed by atoms with E-state index in [-0.39, 0.29) is 5.72 Å². The van der Waals surface area contributed by atoms with Crippen LogP contribution in [0.5, 0.6) is 0 Å². The average Bonchev–Trinajstić information content (AvgIpc) is 2.48. The lowest BCUT2D eigenvalue weighted by atomic mass is 10.0. The fourth-order valence-corrected chi connectivity index (χ4v) is 1.95. The van der Waals surface area contributed by atoms with Gasteiger partial charge in [0.15, 0.2) is 0 Å². The zero-order chi connectivity index (χ0) is 10.2. The molecule has 2 atom stereocenters. The molecule has 2 rings (SSSR count). The van der Waals surface area contributed by atoms with Crippen molar-refractivity contribution in [3.8, 4) is 0 Å². The molecular formula is C12H17NO. The number of nitrogens with one attached hydrogen (secondary N) is 1. The fraction of sp³-hybridized carbons (Fsp3) is 0.500. The Morgan fingerprint density at radius 2 is 2.29 bits per heavy atom. The Morgan fingerprint density at radius 1 is 1.50 bits per heavy atom. The first-order valence-electron chi connectivity index (χ1n) is 5.09. The minimum absolute atomic E-state index is 0.300. The summed E-state index contributed by atoms with van der Waals surface area (Å²) in [7, 11) is 0. The molecule has 14 heavy (non-hydrogen) atoms. The summed E-state index contributed by atoms with van der Waals surface area (Å²) in [5.74, 6) is 0. The number of aryl methyl sites for hydroxylation is 1. The van der Waals surface area contributed by atoms with Crippen molar-refractivity contribution in [2.24, 2.45) is 0 Å². The van der Waals surface area contributed by atoms with Gasteiger partial charge in [0.25, 0.3) is 0 Å². The van der Waals surface area contributed by atoms with E-state index in [1.165, 1.54) is 11.1 Å². The zero-order valence-corrected chi connectivity index (χ0v) is 9.00. The van der Waals surface area contributed by atoms with Crippen LogP contribution >= 0.6 is 0 Å². The first-order chi connectivity index (χ1) is 6.60. The molecule has 76 valence electrons. The van der Waals surface area contributed by atoms with E-state index in [0.29, 0.717) is 6.04 Å². The SMILES string of the molecule is Cc1cccc(C2(C)NC(C)CO2)c1. The van der Waals surface area contributed by atoms with E-state index in [1.807, 2.05) is 0 Å². The van der Waals surface area contributed by atoms with E-state index < -0.39 is 0 Å². The molecule has 0 radical (unpaired) electrons. The Labute approximate surface area is 85.3 Å². The van der Waals surface area contributed by atoms with Crippen molar-refractivity contribution in [1.29, 1.82) is 0 Å². The second-order valence-corrected chi connectivity index (χ2v) is 4.26. The smallest absolute Gasteiger partial charge is 0.142 e. The van der Waals surface area contributed by atoms with E-state index >= 15 is 0 Å². The molecule has 0 spiro atoms. The average molecular weight is 191 g/mol. The zero-order valence-electron chi connectivity index (χ0n) is 9.00. The molecule has 1 aromatic carbocycles. The van der Waals surface area contributed by atoms with E-state index in [4.69, 9.17) is 4.74 Å². The Bertz CT molecular complexity index is 337. The number of benzene rings is 1. The summed E-state index contributed by atoms with van der Waals surface area (Å²) >= 11 is 0. The Hall–Kier alpha value is -0.860. The van der Waals surface area contributed by atoms with E-state index in [9.17, 15) is 0 Å². The van der Waals surface area contributed by atoms with Crippen molar-refractivity contribution in [2.45, 2.75) is 32.5 Å². The van der Waals surface area contributed by atoms with Gasteiger partial charge in [0, 0.05) is 6.04 Å². The summed E-state index contributed by atoms with van der Waals surface area (Å²) in [5, 5.41) is 3.45. The second kappa shape index (κ2) is 3.37. The molecule has 2 unspecified atom stereocenters. The number of ether oxygens (including phenoxy) is 1. The summed E-state index contributed by atoms with van der Waals surface area (Å²) in [6, 6.07) is 8.89. The minimum atomic E-state index is -0.300. The van der Waals surface area contributed by atoms with Crippen LogP contribution in [0, 0.1) is 6.92 Å². The third kappa shape index (κ3) is 1.68. The monoisotopic (exact) mass is 191 g/mol. The Morgan fingerprint density at radius 3 is 2.86 bits per heavy atom. The van der Waals surface area contributed by atoms with Crippen molar-refractivity contribution in [2.75, 3.05) is 6.61 Å². The minimum Gasteiger partial charge on any atom is -0.355 e. The van der Waals surface area contributed by atoms with Crippen LogP contribution in [0.15, 0.2) is 24.3 Å². The molecule has 1 N–H and O–H groups in total. The molecule has 1 aromatic rings. The van der Waals surface area contributed by atoms with Crippen LogP contribution in [0.2, 0.25) is 0 Å². The summed E-state index contributed by atoms with van der Waals surface area (Å²) in [4.78, 5) is 0. The molecule has 0 amide bonds. The van der Waals surface area contributed by atoms with Crippen LogP contribution in [0.3, 0.4) is 0 Å².